The Hall–Kier alpha value is -7.10. The average molecular weight is 717 g/mol. The Morgan fingerprint density at radius 1 is 0.411 bits per heavy atom. The van der Waals surface area contributed by atoms with Gasteiger partial charge in [-0.2, -0.15) is 0 Å². The zero-order valence-corrected chi connectivity index (χ0v) is 31.1. The molecule has 264 valence electrons. The van der Waals surface area contributed by atoms with Crippen LogP contribution in [0.2, 0.25) is 0 Å². The van der Waals surface area contributed by atoms with E-state index in [4.69, 9.17) is 14.4 Å². The molecule has 0 radical (unpaired) electrons. The summed E-state index contributed by atoms with van der Waals surface area (Å²) in [6.45, 7) is 4.71. The molecule has 0 atom stereocenters. The SMILES string of the molecule is CC1(C)c2cc3ccccc3cc2-c2c(-c3cccc(-c4cc(-c5cc(-c6ccccc6)cc6oc7ccccc7c56)nc(-c5ccccc5)n4)c3)cccc21. The Bertz CT molecular complexity index is 3160. The summed E-state index contributed by atoms with van der Waals surface area (Å²) in [5, 5.41) is 4.65. The topological polar surface area (TPSA) is 38.9 Å². The van der Waals surface area contributed by atoms with Gasteiger partial charge in [-0.15, -0.1) is 0 Å². The van der Waals surface area contributed by atoms with Crippen LogP contribution in [0.1, 0.15) is 25.0 Å². The van der Waals surface area contributed by atoms with E-state index < -0.39 is 0 Å². The quantitative estimate of drug-likeness (QED) is 0.178. The maximum atomic E-state index is 6.53. The van der Waals surface area contributed by atoms with Gasteiger partial charge in [0.15, 0.2) is 5.82 Å². The molecule has 11 rings (SSSR count). The molecule has 0 saturated carbocycles. The smallest absolute Gasteiger partial charge is 0.160 e. The van der Waals surface area contributed by atoms with E-state index >= 15 is 0 Å². The highest BCUT2D eigenvalue weighted by Gasteiger charge is 2.37. The Morgan fingerprint density at radius 2 is 1.07 bits per heavy atom. The fourth-order valence-electron chi connectivity index (χ4n) is 8.86. The van der Waals surface area contributed by atoms with Crippen LogP contribution in [-0.4, -0.2) is 9.97 Å². The van der Waals surface area contributed by atoms with Crippen molar-refractivity contribution in [2.45, 2.75) is 19.3 Å². The number of fused-ring (bicyclic) bond motifs is 7. The zero-order valence-electron chi connectivity index (χ0n) is 31.1. The van der Waals surface area contributed by atoms with Crippen molar-refractivity contribution in [2.75, 3.05) is 0 Å². The fraction of sp³-hybridized carbons (Fsp3) is 0.0566. The molecule has 0 N–H and O–H groups in total. The van der Waals surface area contributed by atoms with E-state index in [9.17, 15) is 0 Å². The molecule has 2 heterocycles. The summed E-state index contributed by atoms with van der Waals surface area (Å²) in [6, 6.07) is 64.7. The number of hydrogen-bond donors (Lipinski definition) is 0. The Morgan fingerprint density at radius 3 is 1.89 bits per heavy atom. The van der Waals surface area contributed by atoms with Crippen LogP contribution < -0.4 is 0 Å². The molecular formula is C53H36N2O. The van der Waals surface area contributed by atoms with Crippen LogP contribution in [0.5, 0.6) is 0 Å². The highest BCUT2D eigenvalue weighted by Crippen LogP contribution is 2.53. The van der Waals surface area contributed by atoms with Crippen LogP contribution in [0, 0.1) is 0 Å². The van der Waals surface area contributed by atoms with E-state index in [-0.39, 0.29) is 5.41 Å². The van der Waals surface area contributed by atoms with Gasteiger partial charge in [-0.25, -0.2) is 9.97 Å². The molecule has 0 spiro atoms. The summed E-state index contributed by atoms with van der Waals surface area (Å²) in [4.78, 5) is 10.6. The molecule has 0 saturated heterocycles. The Kier molecular flexibility index (Phi) is 7.20. The van der Waals surface area contributed by atoms with Gasteiger partial charge < -0.3 is 4.42 Å². The van der Waals surface area contributed by atoms with Crippen molar-refractivity contribution in [2.24, 2.45) is 0 Å². The van der Waals surface area contributed by atoms with Gasteiger partial charge in [-0.1, -0.05) is 153 Å². The molecule has 0 aliphatic heterocycles. The number of benzene rings is 8. The predicted octanol–water partition coefficient (Wildman–Crippen LogP) is 14.2. The lowest BCUT2D eigenvalue weighted by atomic mass is 9.81. The van der Waals surface area contributed by atoms with Crippen LogP contribution in [0.4, 0.5) is 0 Å². The van der Waals surface area contributed by atoms with Crippen LogP contribution in [-0.2, 0) is 5.41 Å². The highest BCUT2D eigenvalue weighted by atomic mass is 16.3. The molecule has 8 aromatic carbocycles. The molecule has 56 heavy (non-hydrogen) atoms. The largest absolute Gasteiger partial charge is 0.456 e. The van der Waals surface area contributed by atoms with Crippen molar-refractivity contribution in [3.63, 3.8) is 0 Å². The molecule has 0 bridgehead atoms. The normalized spacial score (nSPS) is 13.0. The van der Waals surface area contributed by atoms with Crippen molar-refractivity contribution in [1.29, 1.82) is 0 Å². The van der Waals surface area contributed by atoms with Gasteiger partial charge in [0.05, 0.1) is 11.4 Å². The standard InChI is InChI=1S/C53H36N2O/c1-53(2)44-25-14-24-40(50(44)42-28-35-19-9-10-20-36(35)30-45(42)53)37-21-13-22-38(27-37)46-32-47(55-52(54-46)34-17-7-4-8-18-34)43-29-39(33-15-5-3-6-16-33)31-49-51(43)41-23-11-12-26-48(41)56-49/h3-32H,1-2H3. The summed E-state index contributed by atoms with van der Waals surface area (Å²) in [6.07, 6.45) is 0. The van der Waals surface area contributed by atoms with E-state index in [0.717, 1.165) is 66.7 Å². The third-order valence-corrected chi connectivity index (χ3v) is 11.7. The van der Waals surface area contributed by atoms with Gasteiger partial charge >= 0.3 is 0 Å². The van der Waals surface area contributed by atoms with Crippen LogP contribution in [0.15, 0.2) is 186 Å². The first-order valence-corrected chi connectivity index (χ1v) is 19.2. The first-order valence-electron chi connectivity index (χ1n) is 19.2. The molecule has 2 aromatic heterocycles. The van der Waals surface area contributed by atoms with Gasteiger partial charge in [0.2, 0.25) is 0 Å². The van der Waals surface area contributed by atoms with Crippen molar-refractivity contribution in [3.8, 4) is 67.3 Å². The third kappa shape index (κ3) is 5.12. The number of hydrogen-bond acceptors (Lipinski definition) is 3. The second kappa shape index (κ2) is 12.5. The lowest BCUT2D eigenvalue weighted by molar-refractivity contribution is 0.661. The summed E-state index contributed by atoms with van der Waals surface area (Å²) in [5.41, 5.74) is 16.2. The molecule has 1 aliphatic rings. The highest BCUT2D eigenvalue weighted by molar-refractivity contribution is 6.13. The predicted molar refractivity (Wildman–Crippen MR) is 232 cm³/mol. The lowest BCUT2D eigenvalue weighted by Gasteiger charge is -2.22. The molecular weight excluding hydrogens is 681 g/mol. The molecule has 3 heteroatoms. The van der Waals surface area contributed by atoms with E-state index in [2.05, 4.69) is 159 Å². The zero-order chi connectivity index (χ0) is 37.4. The van der Waals surface area contributed by atoms with E-state index in [1.165, 1.54) is 38.6 Å². The van der Waals surface area contributed by atoms with Crippen LogP contribution >= 0.6 is 0 Å². The first-order chi connectivity index (χ1) is 27.5. The number of nitrogens with zero attached hydrogens (tertiary/aromatic N) is 2. The van der Waals surface area contributed by atoms with E-state index in [1.54, 1.807) is 0 Å². The summed E-state index contributed by atoms with van der Waals surface area (Å²) in [5.74, 6) is 0.678. The van der Waals surface area contributed by atoms with Crippen molar-refractivity contribution < 1.29 is 4.42 Å². The second-order valence-electron chi connectivity index (χ2n) is 15.4. The molecule has 3 nitrogen and oxygen atoms in total. The monoisotopic (exact) mass is 716 g/mol. The van der Waals surface area contributed by atoms with Gasteiger partial charge in [0.1, 0.15) is 11.2 Å². The maximum Gasteiger partial charge on any atom is 0.160 e. The number of rotatable bonds is 5. The molecule has 0 amide bonds. The van der Waals surface area contributed by atoms with Crippen LogP contribution in [0.25, 0.3) is 100.0 Å². The fourth-order valence-corrected chi connectivity index (χ4v) is 8.86. The minimum atomic E-state index is -0.120. The van der Waals surface area contributed by atoms with Gasteiger partial charge in [0, 0.05) is 32.9 Å². The first kappa shape index (κ1) is 32.3. The lowest BCUT2D eigenvalue weighted by Crippen LogP contribution is -2.14. The number of furan rings is 1. The molecule has 1 aliphatic carbocycles. The Labute approximate surface area is 325 Å². The second-order valence-corrected chi connectivity index (χ2v) is 15.4. The van der Waals surface area contributed by atoms with Gasteiger partial charge in [-0.05, 0) is 97.7 Å². The van der Waals surface area contributed by atoms with E-state index in [1.807, 2.05) is 36.4 Å². The molecule has 0 fully saturated rings. The summed E-state index contributed by atoms with van der Waals surface area (Å²) < 4.78 is 6.53. The van der Waals surface area contributed by atoms with Gasteiger partial charge in [0.25, 0.3) is 0 Å². The van der Waals surface area contributed by atoms with Crippen molar-refractivity contribution >= 4 is 32.7 Å². The van der Waals surface area contributed by atoms with E-state index in [0.29, 0.717) is 5.82 Å². The number of para-hydroxylation sites is 1. The van der Waals surface area contributed by atoms with Crippen molar-refractivity contribution in [1.82, 2.24) is 9.97 Å². The Balaban J connectivity index is 1.13. The minimum absolute atomic E-state index is 0.120. The summed E-state index contributed by atoms with van der Waals surface area (Å²) >= 11 is 0. The van der Waals surface area contributed by atoms with Gasteiger partial charge in [-0.3, -0.25) is 0 Å². The summed E-state index contributed by atoms with van der Waals surface area (Å²) in [7, 11) is 0. The molecule has 0 unspecified atom stereocenters. The molecule has 10 aromatic rings. The minimum Gasteiger partial charge on any atom is -0.456 e. The number of aromatic nitrogens is 2. The maximum absolute atomic E-state index is 6.53. The van der Waals surface area contributed by atoms with Crippen molar-refractivity contribution in [3.05, 3.63) is 193 Å². The average Bonchev–Trinajstić information content (AvgIpc) is 3.74. The third-order valence-electron chi connectivity index (χ3n) is 11.7. The van der Waals surface area contributed by atoms with Crippen LogP contribution in [0.3, 0.4) is 0 Å².